The van der Waals surface area contributed by atoms with E-state index in [9.17, 15) is 14.4 Å². The summed E-state index contributed by atoms with van der Waals surface area (Å²) in [6.07, 6.45) is 89.7. The normalized spacial score (nSPS) is 12.1. The third-order valence-electron chi connectivity index (χ3n) is 17.5. The molecule has 6 heteroatoms. The zero-order chi connectivity index (χ0) is 59.9. The van der Waals surface area contributed by atoms with Gasteiger partial charge in [0, 0.05) is 19.3 Å². The Bertz CT molecular complexity index is 1340. The number of allylic oxidation sites excluding steroid dienone is 4. The highest BCUT2D eigenvalue weighted by Crippen LogP contribution is 2.19. The maximum absolute atomic E-state index is 12.9. The van der Waals surface area contributed by atoms with Gasteiger partial charge in [0.2, 0.25) is 0 Å². The fourth-order valence-corrected chi connectivity index (χ4v) is 11.8. The van der Waals surface area contributed by atoms with Gasteiger partial charge in [0.1, 0.15) is 13.2 Å². The van der Waals surface area contributed by atoms with Crippen LogP contribution < -0.4 is 0 Å². The molecule has 490 valence electrons. The number of ether oxygens (including phenoxy) is 3. The van der Waals surface area contributed by atoms with Crippen molar-refractivity contribution >= 4 is 17.9 Å². The molecule has 0 bridgehead atoms. The van der Waals surface area contributed by atoms with Crippen molar-refractivity contribution in [1.29, 1.82) is 0 Å². The highest BCUT2D eigenvalue weighted by atomic mass is 16.6. The van der Waals surface area contributed by atoms with Crippen molar-refractivity contribution in [3.05, 3.63) is 24.3 Å². The van der Waals surface area contributed by atoms with Gasteiger partial charge in [-0.1, -0.05) is 385 Å². The second kappa shape index (κ2) is 72.4. The molecule has 6 nitrogen and oxygen atoms in total. The number of hydrogen-bond donors (Lipinski definition) is 0. The van der Waals surface area contributed by atoms with Gasteiger partial charge in [0.25, 0.3) is 0 Å². The summed E-state index contributed by atoms with van der Waals surface area (Å²) in [4.78, 5) is 38.3. The van der Waals surface area contributed by atoms with Crippen molar-refractivity contribution in [1.82, 2.24) is 0 Å². The third kappa shape index (κ3) is 70.5. The molecule has 0 aromatic rings. The average Bonchev–Trinajstić information content (AvgIpc) is 3.49. The summed E-state index contributed by atoms with van der Waals surface area (Å²) < 4.78 is 17.0. The summed E-state index contributed by atoms with van der Waals surface area (Å²) in [5.41, 5.74) is 0. The Morgan fingerprint density at radius 3 is 0.663 bits per heavy atom. The standard InChI is InChI=1S/C77H146O6/c1-4-7-10-13-16-19-21-23-25-27-29-31-32-33-34-35-36-37-38-39-40-41-42-43-44-46-47-49-51-53-55-58-61-64-67-70-76(79)82-73-74(72-81-75(78)69-66-63-60-57-18-15-12-9-6-3)83-77(80)71-68-65-62-59-56-54-52-50-48-45-30-28-26-24-22-20-17-14-11-8-5-2/h21,23,27,29,74H,4-20,22,24-26,28,30-73H2,1-3H3/b23-21-,29-27-. The van der Waals surface area contributed by atoms with E-state index >= 15 is 0 Å². The Hall–Kier alpha value is -2.11. The third-order valence-corrected chi connectivity index (χ3v) is 17.5. The molecule has 0 N–H and O–H groups in total. The largest absolute Gasteiger partial charge is 0.462 e. The summed E-state index contributed by atoms with van der Waals surface area (Å²) in [7, 11) is 0. The zero-order valence-corrected chi connectivity index (χ0v) is 56.5. The lowest BCUT2D eigenvalue weighted by Gasteiger charge is -2.18. The fraction of sp³-hybridized carbons (Fsp3) is 0.909. The van der Waals surface area contributed by atoms with Crippen molar-refractivity contribution in [2.24, 2.45) is 0 Å². The maximum atomic E-state index is 12.9. The molecule has 1 atom stereocenters. The van der Waals surface area contributed by atoms with E-state index in [1.54, 1.807) is 0 Å². The first-order chi connectivity index (χ1) is 41.0. The molecule has 0 heterocycles. The van der Waals surface area contributed by atoms with Crippen LogP contribution in [0.1, 0.15) is 432 Å². The molecular weight excluding hydrogens is 1020 g/mol. The number of esters is 3. The van der Waals surface area contributed by atoms with E-state index in [0.717, 1.165) is 64.2 Å². The molecule has 0 aliphatic heterocycles. The van der Waals surface area contributed by atoms with Gasteiger partial charge in [-0.3, -0.25) is 14.4 Å². The number of carbonyl (C=O) groups excluding carboxylic acids is 3. The molecular formula is C77H146O6. The quantitative estimate of drug-likeness (QED) is 0.0261. The van der Waals surface area contributed by atoms with Crippen molar-refractivity contribution < 1.29 is 28.6 Å². The van der Waals surface area contributed by atoms with E-state index in [0.29, 0.717) is 19.3 Å². The first-order valence-electron chi connectivity index (χ1n) is 37.8. The van der Waals surface area contributed by atoms with Crippen LogP contribution in [0.4, 0.5) is 0 Å². The monoisotopic (exact) mass is 1170 g/mol. The van der Waals surface area contributed by atoms with E-state index in [-0.39, 0.29) is 31.1 Å². The van der Waals surface area contributed by atoms with Crippen LogP contribution in [0, 0.1) is 0 Å². The van der Waals surface area contributed by atoms with E-state index in [2.05, 4.69) is 45.1 Å². The second-order valence-electron chi connectivity index (χ2n) is 25.9. The molecule has 0 saturated heterocycles. The molecule has 0 aromatic carbocycles. The number of rotatable bonds is 71. The van der Waals surface area contributed by atoms with Crippen LogP contribution in [-0.2, 0) is 28.6 Å². The van der Waals surface area contributed by atoms with E-state index < -0.39 is 6.10 Å². The van der Waals surface area contributed by atoms with E-state index in [1.165, 1.54) is 327 Å². The SMILES string of the molecule is CCCCCCC/C=C\C/C=C\CCCCCCCCCCCCCCCCCCCCCCCCCC(=O)OCC(COC(=O)CCCCCCCCCCC)OC(=O)CCCCCCCCCCCCCCCCCCCCCCC. The lowest BCUT2D eigenvalue weighted by Crippen LogP contribution is -2.30. The van der Waals surface area contributed by atoms with Crippen molar-refractivity contribution in [3.8, 4) is 0 Å². The lowest BCUT2D eigenvalue weighted by atomic mass is 10.0. The molecule has 0 saturated carbocycles. The predicted octanol–water partition coefficient (Wildman–Crippen LogP) is 26.1. The smallest absolute Gasteiger partial charge is 0.306 e. The first kappa shape index (κ1) is 80.9. The highest BCUT2D eigenvalue weighted by molar-refractivity contribution is 5.71. The molecule has 0 rings (SSSR count). The Labute approximate surface area is 519 Å². The lowest BCUT2D eigenvalue weighted by molar-refractivity contribution is -0.167. The molecule has 0 aliphatic rings. The fourth-order valence-electron chi connectivity index (χ4n) is 11.8. The summed E-state index contributed by atoms with van der Waals surface area (Å²) in [5.74, 6) is -0.830. The van der Waals surface area contributed by atoms with Gasteiger partial charge < -0.3 is 14.2 Å². The summed E-state index contributed by atoms with van der Waals surface area (Å²) in [6, 6.07) is 0. The Morgan fingerprint density at radius 1 is 0.241 bits per heavy atom. The molecule has 1 unspecified atom stereocenters. The van der Waals surface area contributed by atoms with Crippen molar-refractivity contribution in [2.45, 2.75) is 438 Å². The van der Waals surface area contributed by atoms with Gasteiger partial charge in [-0.15, -0.1) is 0 Å². The number of hydrogen-bond acceptors (Lipinski definition) is 6. The van der Waals surface area contributed by atoms with Crippen LogP contribution in [0.25, 0.3) is 0 Å². The van der Waals surface area contributed by atoms with Gasteiger partial charge in [0.15, 0.2) is 6.10 Å². The van der Waals surface area contributed by atoms with Gasteiger partial charge in [-0.05, 0) is 51.4 Å². The Balaban J connectivity index is 3.99. The summed E-state index contributed by atoms with van der Waals surface area (Å²) in [5, 5.41) is 0. The molecule has 0 spiro atoms. The molecule has 0 aliphatic carbocycles. The van der Waals surface area contributed by atoms with E-state index in [4.69, 9.17) is 14.2 Å². The van der Waals surface area contributed by atoms with Gasteiger partial charge in [-0.2, -0.15) is 0 Å². The summed E-state index contributed by atoms with van der Waals surface area (Å²) >= 11 is 0. The average molecular weight is 1170 g/mol. The van der Waals surface area contributed by atoms with Crippen molar-refractivity contribution in [2.75, 3.05) is 13.2 Å². The van der Waals surface area contributed by atoms with Crippen LogP contribution in [0.2, 0.25) is 0 Å². The van der Waals surface area contributed by atoms with Crippen LogP contribution in [0.3, 0.4) is 0 Å². The first-order valence-corrected chi connectivity index (χ1v) is 37.8. The molecule has 0 amide bonds. The number of carbonyl (C=O) groups is 3. The minimum atomic E-state index is -0.765. The minimum absolute atomic E-state index is 0.0627. The highest BCUT2D eigenvalue weighted by Gasteiger charge is 2.20. The molecule has 0 aromatic heterocycles. The van der Waals surface area contributed by atoms with E-state index in [1.807, 2.05) is 0 Å². The minimum Gasteiger partial charge on any atom is -0.462 e. The maximum Gasteiger partial charge on any atom is 0.306 e. The van der Waals surface area contributed by atoms with Crippen LogP contribution >= 0.6 is 0 Å². The summed E-state index contributed by atoms with van der Waals surface area (Å²) in [6.45, 7) is 6.70. The Morgan fingerprint density at radius 2 is 0.434 bits per heavy atom. The van der Waals surface area contributed by atoms with Gasteiger partial charge in [-0.25, -0.2) is 0 Å². The number of unbranched alkanes of at least 4 members (excludes halogenated alkanes) is 56. The topological polar surface area (TPSA) is 78.9 Å². The Kier molecular flexibility index (Phi) is 70.5. The van der Waals surface area contributed by atoms with Gasteiger partial charge >= 0.3 is 17.9 Å². The zero-order valence-electron chi connectivity index (χ0n) is 56.5. The predicted molar refractivity (Wildman–Crippen MR) is 363 cm³/mol. The van der Waals surface area contributed by atoms with Crippen LogP contribution in [-0.4, -0.2) is 37.2 Å². The van der Waals surface area contributed by atoms with Gasteiger partial charge in [0.05, 0.1) is 0 Å². The van der Waals surface area contributed by atoms with Crippen LogP contribution in [0.15, 0.2) is 24.3 Å². The molecule has 83 heavy (non-hydrogen) atoms. The second-order valence-corrected chi connectivity index (χ2v) is 25.9. The molecule has 0 fully saturated rings. The van der Waals surface area contributed by atoms with Crippen LogP contribution in [0.5, 0.6) is 0 Å². The van der Waals surface area contributed by atoms with Crippen molar-refractivity contribution in [3.63, 3.8) is 0 Å². The molecule has 0 radical (unpaired) electrons.